The summed E-state index contributed by atoms with van der Waals surface area (Å²) in [5.41, 5.74) is 0.232. The van der Waals surface area contributed by atoms with Gasteiger partial charge in [-0.2, -0.15) is 9.65 Å². The van der Waals surface area contributed by atoms with Gasteiger partial charge in [-0.15, -0.1) is 0 Å². The molecule has 1 fully saturated rings. The van der Waals surface area contributed by atoms with Crippen molar-refractivity contribution >= 4 is 11.6 Å². The van der Waals surface area contributed by atoms with Crippen LogP contribution in [-0.4, -0.2) is 23.0 Å². The van der Waals surface area contributed by atoms with Crippen LogP contribution < -0.4 is 0 Å². The van der Waals surface area contributed by atoms with Crippen molar-refractivity contribution in [3.8, 4) is 6.19 Å². The lowest BCUT2D eigenvalue weighted by Crippen LogP contribution is -2.46. The van der Waals surface area contributed by atoms with E-state index in [4.69, 9.17) is 16.9 Å². The van der Waals surface area contributed by atoms with Crippen molar-refractivity contribution in [2.24, 2.45) is 5.92 Å². The molecule has 1 aromatic rings. The van der Waals surface area contributed by atoms with E-state index in [1.807, 2.05) is 13.8 Å². The topological polar surface area (TPSA) is 39.9 Å². The SMILES string of the molecule is C[C@H]1CN(C#N)CC[C@]1(C)c1cc(Cl)cnc1F. The van der Waals surface area contributed by atoms with Crippen LogP contribution in [0.15, 0.2) is 12.3 Å². The number of likely N-dealkylation sites (tertiary alicyclic amines) is 1. The Morgan fingerprint density at radius 1 is 1.67 bits per heavy atom. The van der Waals surface area contributed by atoms with Crippen molar-refractivity contribution < 1.29 is 4.39 Å². The van der Waals surface area contributed by atoms with Gasteiger partial charge in [-0.05, 0) is 18.4 Å². The van der Waals surface area contributed by atoms with Crippen LogP contribution in [-0.2, 0) is 5.41 Å². The molecule has 2 heterocycles. The molecule has 0 aliphatic carbocycles. The van der Waals surface area contributed by atoms with E-state index in [9.17, 15) is 4.39 Å². The lowest BCUT2D eigenvalue weighted by molar-refractivity contribution is 0.151. The first-order valence-electron chi connectivity index (χ1n) is 5.93. The predicted octanol–water partition coefficient (Wildman–Crippen LogP) is 2.95. The third kappa shape index (κ3) is 2.15. The van der Waals surface area contributed by atoms with Gasteiger partial charge < -0.3 is 4.90 Å². The molecule has 2 atom stereocenters. The van der Waals surface area contributed by atoms with Crippen LogP contribution in [0.3, 0.4) is 0 Å². The highest BCUT2D eigenvalue weighted by molar-refractivity contribution is 6.30. The number of halogens is 2. The van der Waals surface area contributed by atoms with Gasteiger partial charge in [0.05, 0.1) is 5.02 Å². The van der Waals surface area contributed by atoms with E-state index in [1.54, 1.807) is 11.0 Å². The molecular weight excluding hydrogens is 253 g/mol. The van der Waals surface area contributed by atoms with Gasteiger partial charge in [0.1, 0.15) is 0 Å². The second-order valence-electron chi connectivity index (χ2n) is 5.11. The lowest BCUT2D eigenvalue weighted by atomic mass is 9.68. The van der Waals surface area contributed by atoms with Gasteiger partial charge in [0.2, 0.25) is 5.95 Å². The Morgan fingerprint density at radius 3 is 3.00 bits per heavy atom. The lowest BCUT2D eigenvalue weighted by Gasteiger charge is -2.43. The average molecular weight is 268 g/mol. The first kappa shape index (κ1) is 13.1. The van der Waals surface area contributed by atoms with Gasteiger partial charge in [-0.25, -0.2) is 4.98 Å². The van der Waals surface area contributed by atoms with Gasteiger partial charge >= 0.3 is 0 Å². The smallest absolute Gasteiger partial charge is 0.216 e. The predicted molar refractivity (Wildman–Crippen MR) is 67.5 cm³/mol. The zero-order valence-corrected chi connectivity index (χ0v) is 11.2. The summed E-state index contributed by atoms with van der Waals surface area (Å²) in [7, 11) is 0. The van der Waals surface area contributed by atoms with Crippen LogP contribution in [0.5, 0.6) is 0 Å². The number of nitriles is 1. The Balaban J connectivity index is 2.37. The Bertz CT molecular complexity index is 499. The van der Waals surface area contributed by atoms with E-state index in [-0.39, 0.29) is 11.3 Å². The summed E-state index contributed by atoms with van der Waals surface area (Å²) in [6, 6.07) is 1.66. The van der Waals surface area contributed by atoms with E-state index in [1.165, 1.54) is 6.20 Å². The third-order valence-corrected chi connectivity index (χ3v) is 4.25. The highest BCUT2D eigenvalue weighted by Gasteiger charge is 2.40. The molecule has 0 saturated carbocycles. The molecular formula is C13H15ClFN3. The average Bonchev–Trinajstić information content (AvgIpc) is 2.35. The maximum Gasteiger partial charge on any atom is 0.216 e. The first-order valence-corrected chi connectivity index (χ1v) is 6.31. The minimum absolute atomic E-state index is 0.167. The fourth-order valence-electron chi connectivity index (χ4n) is 2.55. The molecule has 0 N–H and O–H groups in total. The minimum atomic E-state index is -0.459. The van der Waals surface area contributed by atoms with Crippen LogP contribution in [0.2, 0.25) is 5.02 Å². The van der Waals surface area contributed by atoms with Gasteiger partial charge in [0.15, 0.2) is 6.19 Å². The molecule has 0 bridgehead atoms. The molecule has 1 aromatic heterocycles. The van der Waals surface area contributed by atoms with Crippen molar-refractivity contribution in [1.82, 2.24) is 9.88 Å². The van der Waals surface area contributed by atoms with Crippen molar-refractivity contribution in [1.29, 1.82) is 5.26 Å². The van der Waals surface area contributed by atoms with E-state index in [0.29, 0.717) is 23.7 Å². The number of pyridine rings is 1. The molecule has 2 rings (SSSR count). The minimum Gasteiger partial charge on any atom is -0.310 e. The zero-order valence-electron chi connectivity index (χ0n) is 10.5. The van der Waals surface area contributed by atoms with E-state index in [0.717, 1.165) is 6.42 Å². The van der Waals surface area contributed by atoms with Crippen molar-refractivity contribution in [2.45, 2.75) is 25.7 Å². The molecule has 1 saturated heterocycles. The summed E-state index contributed by atoms with van der Waals surface area (Å²) in [5, 5.41) is 9.36. The number of nitrogens with zero attached hydrogens (tertiary/aromatic N) is 3. The number of aromatic nitrogens is 1. The molecule has 0 amide bonds. The van der Waals surface area contributed by atoms with Crippen molar-refractivity contribution in [3.63, 3.8) is 0 Å². The molecule has 0 spiro atoms. The number of hydrogen-bond acceptors (Lipinski definition) is 3. The van der Waals surface area contributed by atoms with Crippen LogP contribution in [0.4, 0.5) is 4.39 Å². The Hall–Kier alpha value is -1.34. The van der Waals surface area contributed by atoms with Gasteiger partial charge in [0.25, 0.3) is 0 Å². The molecule has 5 heteroatoms. The van der Waals surface area contributed by atoms with E-state index in [2.05, 4.69) is 11.2 Å². The summed E-state index contributed by atoms with van der Waals surface area (Å²) >= 11 is 5.91. The van der Waals surface area contributed by atoms with Crippen LogP contribution >= 0.6 is 11.6 Å². The fourth-order valence-corrected chi connectivity index (χ4v) is 2.71. The highest BCUT2D eigenvalue weighted by atomic mass is 35.5. The van der Waals surface area contributed by atoms with Crippen molar-refractivity contribution in [2.75, 3.05) is 13.1 Å². The van der Waals surface area contributed by atoms with Gasteiger partial charge in [0, 0.05) is 30.3 Å². The maximum absolute atomic E-state index is 13.9. The molecule has 0 radical (unpaired) electrons. The van der Waals surface area contributed by atoms with Crippen LogP contribution in [0.25, 0.3) is 0 Å². The number of piperidine rings is 1. The maximum atomic E-state index is 13.9. The zero-order chi connectivity index (χ0) is 13.3. The number of hydrogen-bond donors (Lipinski definition) is 0. The van der Waals surface area contributed by atoms with Gasteiger partial charge in [-0.1, -0.05) is 25.4 Å². The van der Waals surface area contributed by atoms with Crippen LogP contribution in [0.1, 0.15) is 25.8 Å². The monoisotopic (exact) mass is 267 g/mol. The second-order valence-corrected chi connectivity index (χ2v) is 5.54. The first-order chi connectivity index (χ1) is 8.47. The standard InChI is InChI=1S/C13H15ClFN3/c1-9-7-18(8-16)4-3-13(9,2)11-5-10(14)6-17-12(11)15/h5-6,9H,3-4,7H2,1-2H3/t9-,13-/m0/s1. The normalized spacial score (nSPS) is 27.9. The Morgan fingerprint density at radius 2 is 2.39 bits per heavy atom. The summed E-state index contributed by atoms with van der Waals surface area (Å²) in [6.45, 7) is 5.33. The third-order valence-electron chi connectivity index (χ3n) is 4.05. The highest BCUT2D eigenvalue weighted by Crippen LogP contribution is 2.40. The molecule has 3 nitrogen and oxygen atoms in total. The Labute approximate surface area is 111 Å². The molecule has 96 valence electrons. The largest absolute Gasteiger partial charge is 0.310 e. The summed E-state index contributed by atoms with van der Waals surface area (Å²) < 4.78 is 13.9. The summed E-state index contributed by atoms with van der Waals surface area (Å²) in [6.07, 6.45) is 4.19. The van der Waals surface area contributed by atoms with Crippen LogP contribution in [0, 0.1) is 23.3 Å². The molecule has 18 heavy (non-hydrogen) atoms. The summed E-state index contributed by atoms with van der Waals surface area (Å²) in [4.78, 5) is 5.41. The molecule has 0 unspecified atom stereocenters. The van der Waals surface area contributed by atoms with E-state index >= 15 is 0 Å². The molecule has 1 aliphatic rings. The van der Waals surface area contributed by atoms with Gasteiger partial charge in [-0.3, -0.25) is 0 Å². The molecule has 1 aliphatic heterocycles. The van der Waals surface area contributed by atoms with Crippen molar-refractivity contribution in [3.05, 3.63) is 28.8 Å². The number of rotatable bonds is 1. The van der Waals surface area contributed by atoms with E-state index < -0.39 is 5.95 Å². The Kier molecular flexibility index (Phi) is 3.45. The second kappa shape index (κ2) is 4.74. The summed E-state index contributed by atoms with van der Waals surface area (Å²) in [5.74, 6) is -0.292. The molecule has 0 aromatic carbocycles. The quantitative estimate of drug-likeness (QED) is 0.580. The fraction of sp³-hybridized carbons (Fsp3) is 0.538.